The van der Waals surface area contributed by atoms with E-state index >= 15 is 0 Å². The van der Waals surface area contributed by atoms with E-state index in [0.717, 1.165) is 19.3 Å². The molecule has 5 heteroatoms. The maximum absolute atomic E-state index is 12.1. The summed E-state index contributed by atoms with van der Waals surface area (Å²) in [5.41, 5.74) is 0. The van der Waals surface area contributed by atoms with E-state index < -0.39 is 0 Å². The Balaban J connectivity index is 2.17. The minimum absolute atomic E-state index is 0.134. The Bertz CT molecular complexity index is 324. The van der Waals surface area contributed by atoms with Gasteiger partial charge in [-0.05, 0) is 36.4 Å². The molecule has 1 saturated heterocycles. The van der Waals surface area contributed by atoms with Crippen LogP contribution < -0.4 is 0 Å². The van der Waals surface area contributed by atoms with Crippen molar-refractivity contribution in [2.24, 2.45) is 0 Å². The second-order valence-corrected chi connectivity index (χ2v) is 9.17. The normalized spacial score (nSPS) is 38.2. The molecule has 3 unspecified atom stereocenters. The van der Waals surface area contributed by atoms with E-state index in [1.807, 2.05) is 0 Å². The predicted molar refractivity (Wildman–Crippen MR) is 87.7 cm³/mol. The molecule has 1 aliphatic heterocycles. The van der Waals surface area contributed by atoms with Gasteiger partial charge in [-0.2, -0.15) is 0 Å². The summed E-state index contributed by atoms with van der Waals surface area (Å²) in [6.07, 6.45) is 6.87. The maximum atomic E-state index is 12.1. The topological polar surface area (TPSA) is 20.3 Å². The molecule has 3 atom stereocenters. The summed E-state index contributed by atoms with van der Waals surface area (Å²) >= 11 is 3.91. The molecule has 0 bridgehead atoms. The molecule has 2 fully saturated rings. The minimum atomic E-state index is -0.134. The van der Waals surface area contributed by atoms with E-state index in [1.165, 1.54) is 31.0 Å². The number of rotatable bonds is 1. The van der Waals surface area contributed by atoms with Crippen LogP contribution in [0.3, 0.4) is 0 Å². The van der Waals surface area contributed by atoms with Crippen molar-refractivity contribution >= 4 is 47.4 Å². The van der Waals surface area contributed by atoms with E-state index in [4.69, 9.17) is 7.85 Å². The fourth-order valence-electron chi connectivity index (χ4n) is 3.07. The quantitative estimate of drug-likeness (QED) is 0.392. The van der Waals surface area contributed by atoms with E-state index in [2.05, 4.69) is 41.3 Å². The third-order valence-electron chi connectivity index (χ3n) is 3.94. The summed E-state index contributed by atoms with van der Waals surface area (Å²) in [7, 11) is 6.38. The first-order valence-electron chi connectivity index (χ1n) is 6.87. The summed E-state index contributed by atoms with van der Waals surface area (Å²) in [6.45, 7) is 4.24. The number of halogens is 1. The first-order valence-corrected chi connectivity index (χ1v) is 8.83. The van der Waals surface area contributed by atoms with Gasteiger partial charge < -0.3 is 4.90 Å². The predicted octanol–water partition coefficient (Wildman–Crippen LogP) is 3.95. The Kier molecular flexibility index (Phi) is 4.95. The number of fused-ring (bicyclic) bond motifs is 1. The first kappa shape index (κ1) is 15.0. The van der Waals surface area contributed by atoms with Crippen LogP contribution in [0.15, 0.2) is 0 Å². The van der Waals surface area contributed by atoms with Crippen LogP contribution in [0, 0.1) is 0 Å². The molecule has 1 aliphatic carbocycles. The van der Waals surface area contributed by atoms with Gasteiger partial charge in [0.25, 0.3) is 5.24 Å². The molecule has 2 nitrogen and oxygen atoms in total. The van der Waals surface area contributed by atoms with Crippen LogP contribution in [0.2, 0.25) is 0 Å². The smallest absolute Gasteiger partial charge is 0.282 e. The zero-order valence-electron chi connectivity index (χ0n) is 11.2. The van der Waals surface area contributed by atoms with Gasteiger partial charge in [0, 0.05) is 17.3 Å². The molecule has 0 spiro atoms. The monoisotopic (exact) mass is 377 g/mol. The summed E-state index contributed by atoms with van der Waals surface area (Å²) in [4.78, 5) is 14.2. The molecule has 2 radical (unpaired) electrons. The van der Waals surface area contributed by atoms with Crippen LogP contribution in [-0.4, -0.2) is 38.6 Å². The van der Waals surface area contributed by atoms with Crippen molar-refractivity contribution in [3.63, 3.8) is 0 Å². The highest BCUT2D eigenvalue weighted by molar-refractivity contribution is 14.1. The van der Waals surface area contributed by atoms with Crippen molar-refractivity contribution < 1.29 is 4.79 Å². The zero-order chi connectivity index (χ0) is 13.3. The van der Waals surface area contributed by atoms with Crippen LogP contribution in [0.1, 0.15) is 52.4 Å². The average molecular weight is 377 g/mol. The highest BCUT2D eigenvalue weighted by Gasteiger charge is 2.43. The van der Waals surface area contributed by atoms with Gasteiger partial charge in [0.1, 0.15) is 0 Å². The molecule has 1 heterocycles. The molecule has 0 aromatic rings. The van der Waals surface area contributed by atoms with Gasteiger partial charge in [-0.15, -0.1) is 0 Å². The Labute approximate surface area is 130 Å². The van der Waals surface area contributed by atoms with Crippen LogP contribution in [0.4, 0.5) is 4.79 Å². The number of nitrogens with zero attached hydrogens (tertiary/aromatic N) is 1. The fraction of sp³-hybridized carbons (Fsp3) is 0.923. The van der Waals surface area contributed by atoms with Crippen LogP contribution >= 0.6 is 34.4 Å². The lowest BCUT2D eigenvalue weighted by Gasteiger charge is -2.32. The minimum Gasteiger partial charge on any atom is -0.327 e. The van der Waals surface area contributed by atoms with Crippen molar-refractivity contribution in [1.29, 1.82) is 0 Å². The summed E-state index contributed by atoms with van der Waals surface area (Å²) in [5.74, 6) is 0. The molecule has 0 aromatic heterocycles. The number of hydrogen-bond acceptors (Lipinski definition) is 2. The third-order valence-corrected chi connectivity index (χ3v) is 6.11. The highest BCUT2D eigenvalue weighted by Crippen LogP contribution is 2.43. The molecule has 0 N–H and O–H groups in total. The van der Waals surface area contributed by atoms with Gasteiger partial charge in [0.15, 0.2) is 0 Å². The van der Waals surface area contributed by atoms with Crippen LogP contribution in [0.25, 0.3) is 0 Å². The molecule has 2 rings (SSSR count). The number of carbonyl (C=O) groups excluding carboxylic acids is 1. The van der Waals surface area contributed by atoms with E-state index in [9.17, 15) is 4.79 Å². The fourth-order valence-corrected chi connectivity index (χ4v) is 5.75. The molecule has 0 aromatic carbocycles. The van der Waals surface area contributed by atoms with Gasteiger partial charge in [-0.1, -0.05) is 53.6 Å². The zero-order valence-corrected chi connectivity index (χ0v) is 14.2. The standard InChI is InChI=1S/C13H21BINOS/c1-9(2)16-10-6-4-3-5-7-13(14,15)8-11(10)18-12(16)17/h9-11H,3-8H2,1-2H3. The van der Waals surface area contributed by atoms with E-state index in [0.29, 0.717) is 17.3 Å². The van der Waals surface area contributed by atoms with Crippen LogP contribution in [-0.2, 0) is 0 Å². The molecule has 18 heavy (non-hydrogen) atoms. The second-order valence-electron chi connectivity index (χ2n) is 5.83. The first-order chi connectivity index (χ1) is 8.41. The van der Waals surface area contributed by atoms with Crippen LogP contribution in [0.5, 0.6) is 0 Å². The van der Waals surface area contributed by atoms with Gasteiger partial charge in [-0.25, -0.2) is 0 Å². The average Bonchev–Trinajstić information content (AvgIpc) is 2.54. The van der Waals surface area contributed by atoms with Gasteiger partial charge in [-0.3, -0.25) is 4.79 Å². The highest BCUT2D eigenvalue weighted by atomic mass is 127. The summed E-state index contributed by atoms with van der Waals surface area (Å²) in [6, 6.07) is 0.709. The number of thioether (sulfide) groups is 1. The van der Waals surface area contributed by atoms with Crippen molar-refractivity contribution in [2.75, 3.05) is 0 Å². The summed E-state index contributed by atoms with van der Waals surface area (Å²) < 4.78 is -0.134. The lowest BCUT2D eigenvalue weighted by molar-refractivity contribution is 0.177. The SMILES string of the molecule is [B]C1(I)CCCCCC2C(C1)SC(=O)N2C(C)C. The molecule has 2 aliphatic rings. The number of hydrogen-bond donors (Lipinski definition) is 0. The van der Waals surface area contributed by atoms with Crippen molar-refractivity contribution in [3.8, 4) is 0 Å². The number of carbonyl (C=O) groups is 1. The lowest BCUT2D eigenvalue weighted by atomic mass is 9.79. The molecule has 1 saturated carbocycles. The Hall–Kier alpha value is 0.615. The molecule has 1 amide bonds. The van der Waals surface area contributed by atoms with Crippen molar-refractivity contribution in [1.82, 2.24) is 4.90 Å². The number of alkyl halides is 1. The molecule has 100 valence electrons. The summed E-state index contributed by atoms with van der Waals surface area (Å²) in [5, 5.41) is 0.646. The lowest BCUT2D eigenvalue weighted by Crippen LogP contribution is -2.42. The number of amides is 1. The third kappa shape index (κ3) is 3.38. The Morgan fingerprint density at radius 3 is 2.83 bits per heavy atom. The van der Waals surface area contributed by atoms with Gasteiger partial charge in [0.05, 0.1) is 7.85 Å². The second kappa shape index (κ2) is 5.94. The van der Waals surface area contributed by atoms with Gasteiger partial charge >= 0.3 is 0 Å². The maximum Gasteiger partial charge on any atom is 0.282 e. The van der Waals surface area contributed by atoms with E-state index in [-0.39, 0.29) is 8.56 Å². The van der Waals surface area contributed by atoms with Crippen molar-refractivity contribution in [2.45, 2.75) is 73.0 Å². The Morgan fingerprint density at radius 1 is 1.44 bits per heavy atom. The Morgan fingerprint density at radius 2 is 2.17 bits per heavy atom. The van der Waals surface area contributed by atoms with E-state index in [1.54, 1.807) is 0 Å². The molecular formula is C13H21BINOS. The largest absolute Gasteiger partial charge is 0.327 e. The van der Waals surface area contributed by atoms with Crippen molar-refractivity contribution in [3.05, 3.63) is 0 Å². The molecular weight excluding hydrogens is 356 g/mol. The van der Waals surface area contributed by atoms with Gasteiger partial charge in [0.2, 0.25) is 0 Å².